The molecule has 0 radical (unpaired) electrons. The molecule has 2 heterocycles. The van der Waals surface area contributed by atoms with Gasteiger partial charge in [-0.2, -0.15) is 4.72 Å². The minimum Gasteiger partial charge on any atom is -0.378 e. The molecule has 9 heteroatoms. The highest BCUT2D eigenvalue weighted by Crippen LogP contribution is 2.20. The monoisotopic (exact) mass is 423 g/mol. The molecule has 0 spiro atoms. The van der Waals surface area contributed by atoms with Crippen LogP contribution < -0.4 is 14.9 Å². The normalized spacial score (nSPS) is 16.0. The van der Waals surface area contributed by atoms with E-state index in [1.165, 1.54) is 6.07 Å². The summed E-state index contributed by atoms with van der Waals surface area (Å²) in [4.78, 5) is 14.9. The van der Waals surface area contributed by atoms with Gasteiger partial charge in [-0.15, -0.1) is 11.3 Å². The zero-order chi connectivity index (χ0) is 20.0. The van der Waals surface area contributed by atoms with Crippen molar-refractivity contribution >= 4 is 38.6 Å². The molecular weight excluding hydrogens is 398 g/mol. The van der Waals surface area contributed by atoms with Gasteiger partial charge in [0.05, 0.1) is 13.2 Å². The molecule has 28 heavy (non-hydrogen) atoms. The maximum absolute atomic E-state index is 12.7. The number of hydrogen-bond donors (Lipinski definition) is 2. The van der Waals surface area contributed by atoms with Gasteiger partial charge in [0, 0.05) is 24.5 Å². The van der Waals surface area contributed by atoms with Crippen molar-refractivity contribution in [2.24, 2.45) is 0 Å². The largest absolute Gasteiger partial charge is 0.378 e. The first-order valence-corrected chi connectivity index (χ1v) is 11.7. The molecule has 3 rings (SSSR count). The first-order valence-electron chi connectivity index (χ1n) is 9.29. The number of benzene rings is 1. The number of amides is 1. The van der Waals surface area contributed by atoms with Crippen LogP contribution in [0.1, 0.15) is 19.8 Å². The smallest absolute Gasteiger partial charge is 0.250 e. The van der Waals surface area contributed by atoms with Crippen molar-refractivity contribution in [3.63, 3.8) is 0 Å². The Morgan fingerprint density at radius 2 is 1.93 bits per heavy atom. The molecule has 1 amide bonds. The van der Waals surface area contributed by atoms with E-state index in [0.29, 0.717) is 31.7 Å². The van der Waals surface area contributed by atoms with Gasteiger partial charge in [0.1, 0.15) is 10.3 Å². The number of anilines is 2. The van der Waals surface area contributed by atoms with Gasteiger partial charge in [-0.25, -0.2) is 8.42 Å². The van der Waals surface area contributed by atoms with Crippen molar-refractivity contribution in [3.8, 4) is 0 Å². The third kappa shape index (κ3) is 5.32. The summed E-state index contributed by atoms with van der Waals surface area (Å²) in [6, 6.07) is 9.94. The van der Waals surface area contributed by atoms with Crippen molar-refractivity contribution < 1.29 is 17.9 Å². The van der Waals surface area contributed by atoms with Gasteiger partial charge in [0.2, 0.25) is 5.91 Å². The number of nitrogens with zero attached hydrogens (tertiary/aromatic N) is 1. The zero-order valence-corrected chi connectivity index (χ0v) is 17.4. The van der Waals surface area contributed by atoms with E-state index in [1.54, 1.807) is 11.4 Å². The Kier molecular flexibility index (Phi) is 7.06. The number of carbonyl (C=O) groups excluding carboxylic acids is 1. The van der Waals surface area contributed by atoms with E-state index in [2.05, 4.69) is 14.9 Å². The predicted octanol–water partition coefficient (Wildman–Crippen LogP) is 2.67. The molecule has 1 fully saturated rings. The lowest BCUT2D eigenvalue weighted by Crippen LogP contribution is -2.43. The number of nitrogens with one attached hydrogen (secondary N) is 2. The van der Waals surface area contributed by atoms with Crippen LogP contribution in [0.3, 0.4) is 0 Å². The van der Waals surface area contributed by atoms with Crippen molar-refractivity contribution in [2.75, 3.05) is 36.5 Å². The van der Waals surface area contributed by atoms with Crippen LogP contribution in [0.5, 0.6) is 0 Å². The Bertz CT molecular complexity index is 861. The first-order chi connectivity index (χ1) is 13.5. The van der Waals surface area contributed by atoms with Crippen LogP contribution in [0, 0.1) is 0 Å². The number of thiophene rings is 1. The number of ether oxygens (including phenoxy) is 1. The Balaban J connectivity index is 1.65. The van der Waals surface area contributed by atoms with Gasteiger partial charge in [-0.3, -0.25) is 4.79 Å². The molecule has 1 aromatic carbocycles. The van der Waals surface area contributed by atoms with Gasteiger partial charge in [-0.1, -0.05) is 19.4 Å². The van der Waals surface area contributed by atoms with Crippen molar-refractivity contribution in [2.45, 2.75) is 30.0 Å². The SMILES string of the molecule is CCCC(NS(=O)(=O)c1cccs1)C(=O)Nc1ccc(N2CCOCC2)cc1. The predicted molar refractivity (Wildman–Crippen MR) is 111 cm³/mol. The number of sulfonamides is 1. The molecule has 7 nitrogen and oxygen atoms in total. The fourth-order valence-electron chi connectivity index (χ4n) is 3.00. The molecule has 1 unspecified atom stereocenters. The van der Waals surface area contributed by atoms with Gasteiger partial charge in [-0.05, 0) is 42.1 Å². The summed E-state index contributed by atoms with van der Waals surface area (Å²) in [6.45, 7) is 5.02. The molecule has 1 aliphatic rings. The van der Waals surface area contributed by atoms with Crippen LogP contribution >= 0.6 is 11.3 Å². The molecule has 1 atom stereocenters. The molecule has 0 bridgehead atoms. The highest BCUT2D eigenvalue weighted by Gasteiger charge is 2.25. The Hall–Kier alpha value is -1.94. The molecule has 1 saturated heterocycles. The molecule has 2 aromatic rings. The first kappa shape index (κ1) is 20.8. The van der Waals surface area contributed by atoms with Gasteiger partial charge >= 0.3 is 0 Å². The third-order valence-electron chi connectivity index (χ3n) is 4.46. The average Bonchev–Trinajstić information content (AvgIpc) is 3.25. The minimum absolute atomic E-state index is 0.205. The Labute approximate surface area is 169 Å². The molecule has 1 aliphatic heterocycles. The van der Waals surface area contributed by atoms with E-state index >= 15 is 0 Å². The molecule has 1 aromatic heterocycles. The van der Waals surface area contributed by atoms with Crippen LogP contribution in [0.25, 0.3) is 0 Å². The average molecular weight is 424 g/mol. The van der Waals surface area contributed by atoms with E-state index in [4.69, 9.17) is 4.74 Å². The lowest BCUT2D eigenvalue weighted by Gasteiger charge is -2.29. The summed E-state index contributed by atoms with van der Waals surface area (Å²) in [7, 11) is -3.71. The lowest BCUT2D eigenvalue weighted by atomic mass is 10.1. The van der Waals surface area contributed by atoms with Crippen LogP contribution in [0.4, 0.5) is 11.4 Å². The highest BCUT2D eigenvalue weighted by molar-refractivity contribution is 7.91. The third-order valence-corrected chi connectivity index (χ3v) is 7.33. The molecule has 0 aliphatic carbocycles. The van der Waals surface area contributed by atoms with E-state index in [-0.39, 0.29) is 10.1 Å². The van der Waals surface area contributed by atoms with Crippen LogP contribution in [-0.4, -0.2) is 46.7 Å². The highest BCUT2D eigenvalue weighted by atomic mass is 32.2. The summed E-state index contributed by atoms with van der Waals surface area (Å²) in [5, 5.41) is 4.51. The van der Waals surface area contributed by atoms with Gasteiger partial charge < -0.3 is 15.0 Å². The zero-order valence-electron chi connectivity index (χ0n) is 15.8. The Morgan fingerprint density at radius 1 is 1.21 bits per heavy atom. The maximum Gasteiger partial charge on any atom is 0.250 e. The number of hydrogen-bond acceptors (Lipinski definition) is 6. The topological polar surface area (TPSA) is 87.7 Å². The second kappa shape index (κ2) is 9.51. The summed E-state index contributed by atoms with van der Waals surface area (Å²) in [5.41, 5.74) is 1.71. The van der Waals surface area contributed by atoms with Crippen molar-refractivity contribution in [1.82, 2.24) is 4.72 Å². The summed E-state index contributed by atoms with van der Waals surface area (Å²) in [6.07, 6.45) is 1.10. The van der Waals surface area contributed by atoms with E-state index in [0.717, 1.165) is 30.1 Å². The van der Waals surface area contributed by atoms with Gasteiger partial charge in [0.25, 0.3) is 10.0 Å². The van der Waals surface area contributed by atoms with Crippen LogP contribution in [-0.2, 0) is 19.6 Å². The fraction of sp³-hybridized carbons (Fsp3) is 0.421. The second-order valence-electron chi connectivity index (χ2n) is 6.53. The summed E-state index contributed by atoms with van der Waals surface area (Å²) >= 11 is 1.13. The minimum atomic E-state index is -3.71. The van der Waals surface area contributed by atoms with E-state index in [9.17, 15) is 13.2 Å². The lowest BCUT2D eigenvalue weighted by molar-refractivity contribution is -0.117. The summed E-state index contributed by atoms with van der Waals surface area (Å²) in [5.74, 6) is -0.360. The quantitative estimate of drug-likeness (QED) is 0.682. The molecular formula is C19H25N3O4S2. The van der Waals surface area contributed by atoms with Crippen LogP contribution in [0.15, 0.2) is 46.0 Å². The Morgan fingerprint density at radius 3 is 2.54 bits per heavy atom. The fourth-order valence-corrected chi connectivity index (χ4v) is 5.24. The standard InChI is InChI=1S/C19H25N3O4S2/c1-2-4-17(21-28(24,25)18-5-3-14-27-18)19(23)20-15-6-8-16(9-7-15)22-10-12-26-13-11-22/h3,5-9,14,17,21H,2,4,10-13H2,1H3,(H,20,23). The molecule has 2 N–H and O–H groups in total. The van der Waals surface area contributed by atoms with Crippen LogP contribution in [0.2, 0.25) is 0 Å². The van der Waals surface area contributed by atoms with E-state index in [1.807, 2.05) is 31.2 Å². The second-order valence-corrected chi connectivity index (χ2v) is 9.42. The number of morpholine rings is 1. The number of carbonyl (C=O) groups is 1. The number of rotatable bonds is 8. The maximum atomic E-state index is 12.7. The van der Waals surface area contributed by atoms with Gasteiger partial charge in [0.15, 0.2) is 0 Å². The molecule has 152 valence electrons. The molecule has 0 saturated carbocycles. The van der Waals surface area contributed by atoms with Crippen molar-refractivity contribution in [3.05, 3.63) is 41.8 Å². The van der Waals surface area contributed by atoms with E-state index < -0.39 is 16.1 Å². The summed E-state index contributed by atoms with van der Waals surface area (Å²) < 4.78 is 33.0. The van der Waals surface area contributed by atoms with Crippen molar-refractivity contribution in [1.29, 1.82) is 0 Å².